The topological polar surface area (TPSA) is 79.0 Å². The molecule has 0 aromatic heterocycles. The Bertz CT molecular complexity index is 427. The molecule has 0 spiro atoms. The molecule has 1 saturated heterocycles. The average molecular weight is 428 g/mol. The van der Waals surface area contributed by atoms with Crippen LogP contribution in [0.15, 0.2) is 23.5 Å². The number of aliphatic hydroxyl groups excluding tert-OH is 2. The minimum atomic E-state index is -1.44. The molecule has 3 atom stereocenters. The molecule has 1 unspecified atom stereocenters. The van der Waals surface area contributed by atoms with Crippen LogP contribution >= 0.6 is 21.3 Å². The zero-order valence-corrected chi connectivity index (χ0v) is 15.2. The van der Waals surface area contributed by atoms with Crippen LogP contribution in [0.2, 0.25) is 0 Å². The summed E-state index contributed by atoms with van der Waals surface area (Å²) in [5.74, 6) is 5.82. The van der Waals surface area contributed by atoms with E-state index < -0.39 is 33.6 Å². The minimum absolute atomic E-state index is 0.157. The molecule has 1 aliphatic heterocycles. The predicted octanol–water partition coefficient (Wildman–Crippen LogP) is 2.17. The number of hydrogen-bond donors (Lipinski definition) is 3. The van der Waals surface area contributed by atoms with Crippen molar-refractivity contribution < 1.29 is 17.9 Å². The summed E-state index contributed by atoms with van der Waals surface area (Å²) in [4.78, 5) is 6.75. The van der Waals surface area contributed by atoms with E-state index in [9.17, 15) is 13.1 Å². The lowest BCUT2D eigenvalue weighted by molar-refractivity contribution is -0.0166. The second-order valence-electron chi connectivity index (χ2n) is 5.45. The second kappa shape index (κ2) is 10.4. The molecule has 4 N–H and O–H groups in total. The number of nitrogens with zero attached hydrogens (tertiary/aromatic N) is 1. The van der Waals surface area contributed by atoms with Crippen LogP contribution in [0.4, 0.5) is 2.86 Å². The fourth-order valence-corrected chi connectivity index (χ4v) is 3.18. The first-order valence-electron chi connectivity index (χ1n) is 7.49. The van der Waals surface area contributed by atoms with Crippen molar-refractivity contribution in [2.24, 2.45) is 11.8 Å². The Kier molecular flexibility index (Phi) is 9.34. The molecule has 1 rings (SSSR count). The zero-order valence-electron chi connectivity index (χ0n) is 13.1. The Morgan fingerprint density at radius 2 is 2.27 bits per heavy atom. The first-order chi connectivity index (χ1) is 10.5. The highest BCUT2D eigenvalue weighted by atomic mass is 127. The summed E-state index contributed by atoms with van der Waals surface area (Å²) in [6.45, 7) is 5.07. The first-order valence-corrected chi connectivity index (χ1v) is 9.55. The minimum Gasteiger partial charge on any atom is -0.411 e. The van der Waals surface area contributed by atoms with Crippen LogP contribution in [-0.2, 0) is 4.84 Å². The highest BCUT2D eigenvalue weighted by Crippen LogP contribution is 2.22. The summed E-state index contributed by atoms with van der Waals surface area (Å²) in [6, 6.07) is 0. The highest BCUT2D eigenvalue weighted by Gasteiger charge is 2.26. The van der Waals surface area contributed by atoms with Gasteiger partial charge in [0.15, 0.2) is 0 Å². The van der Waals surface area contributed by atoms with Gasteiger partial charge < -0.3 is 15.1 Å². The Labute approximate surface area is 142 Å². The Morgan fingerprint density at radius 3 is 2.82 bits per heavy atom. The lowest BCUT2D eigenvalue weighted by atomic mass is 9.93. The summed E-state index contributed by atoms with van der Waals surface area (Å²) in [6.07, 6.45) is 4.49. The average Bonchev–Trinajstić information content (AvgIpc) is 2.54. The van der Waals surface area contributed by atoms with Gasteiger partial charge in [0.2, 0.25) is 0 Å². The van der Waals surface area contributed by atoms with Gasteiger partial charge in [0.25, 0.3) is 0 Å². The highest BCUT2D eigenvalue weighted by molar-refractivity contribution is 14.2. The van der Waals surface area contributed by atoms with Gasteiger partial charge in [0.05, 0.1) is 6.10 Å². The van der Waals surface area contributed by atoms with Crippen molar-refractivity contribution in [3.63, 3.8) is 0 Å². The van der Waals surface area contributed by atoms with Crippen LogP contribution in [0.5, 0.6) is 0 Å². The lowest BCUT2D eigenvalue weighted by Crippen LogP contribution is -2.44. The summed E-state index contributed by atoms with van der Waals surface area (Å²) >= 11 is -1.44. The Hall–Kier alpha value is -0.350. The smallest absolute Gasteiger partial charge is 0.149 e. The summed E-state index contributed by atoms with van der Waals surface area (Å²) in [5.41, 5.74) is 0.753. The van der Waals surface area contributed by atoms with E-state index in [0.717, 1.165) is 25.0 Å². The molecule has 128 valence electrons. The van der Waals surface area contributed by atoms with Crippen molar-refractivity contribution in [2.75, 3.05) is 13.1 Å². The van der Waals surface area contributed by atoms with Gasteiger partial charge in [-0.2, -0.15) is 8.76 Å². The van der Waals surface area contributed by atoms with Crippen LogP contribution in [0.3, 0.4) is 0 Å². The molecule has 1 aliphatic rings. The van der Waals surface area contributed by atoms with Gasteiger partial charge in [0, 0.05) is 19.2 Å². The maximum absolute atomic E-state index is 12.4. The van der Waals surface area contributed by atoms with Gasteiger partial charge >= 0.3 is 0 Å². The molecule has 0 bridgehead atoms. The third-order valence-electron chi connectivity index (χ3n) is 3.98. The third-order valence-corrected chi connectivity index (χ3v) is 4.61. The molecule has 7 heteroatoms. The van der Waals surface area contributed by atoms with Crippen LogP contribution in [0.25, 0.3) is 0 Å². The molecule has 0 saturated carbocycles. The molecule has 0 amide bonds. The van der Waals surface area contributed by atoms with E-state index in [1.165, 1.54) is 4.01 Å². The molecular weight excluding hydrogens is 402 g/mol. The number of allylic oxidation sites excluding steroid dienone is 2. The molecule has 1 fully saturated rings. The van der Waals surface area contributed by atoms with E-state index in [1.807, 2.05) is 11.8 Å². The van der Waals surface area contributed by atoms with Gasteiger partial charge in [-0.25, -0.2) is 0 Å². The summed E-state index contributed by atoms with van der Waals surface area (Å²) < 4.78 is 13.9. The van der Waals surface area contributed by atoms with Crippen LogP contribution in [-0.4, -0.2) is 44.5 Å². The number of hydrogen-bond acceptors (Lipinski definition) is 5. The second-order valence-corrected chi connectivity index (χ2v) is 6.64. The van der Waals surface area contributed by atoms with E-state index >= 15 is 0 Å². The number of piperidine rings is 1. The molecule has 1 heterocycles. The molecule has 0 radical (unpaired) electrons. The van der Waals surface area contributed by atoms with E-state index in [1.54, 1.807) is 19.1 Å². The van der Waals surface area contributed by atoms with Crippen LogP contribution in [0.1, 0.15) is 33.1 Å². The van der Waals surface area contributed by atoms with Crippen molar-refractivity contribution in [3.8, 4) is 0 Å². The maximum atomic E-state index is 12.4. The lowest BCUT2D eigenvalue weighted by Gasteiger charge is -2.36. The summed E-state index contributed by atoms with van der Waals surface area (Å²) in [5, 5.41) is 20.1. The largest absolute Gasteiger partial charge is 0.411 e. The molecule has 0 aromatic carbocycles. The maximum Gasteiger partial charge on any atom is 0.149 e. The SMILES string of the molecule is CCC(=C\C=IF)/C(=C\[C@@H](O)N1CCC[C@@H](C(C)O)C1)ON. The number of aliphatic hydroxyl groups is 2. The quantitative estimate of drug-likeness (QED) is 0.251. The van der Waals surface area contributed by atoms with Crippen LogP contribution in [0, 0.1) is 5.92 Å². The molecule has 0 aliphatic carbocycles. The monoisotopic (exact) mass is 428 g/mol. The molecule has 22 heavy (non-hydrogen) atoms. The number of nitrogens with two attached hydrogens (primary N) is 1. The number of likely N-dealkylation sites (tertiary alicyclic amines) is 1. The molecule has 5 nitrogen and oxygen atoms in total. The Morgan fingerprint density at radius 1 is 1.55 bits per heavy atom. The normalized spacial score (nSPS) is 24.9. The molecule has 0 aromatic rings. The van der Waals surface area contributed by atoms with E-state index in [-0.39, 0.29) is 5.92 Å². The van der Waals surface area contributed by atoms with Gasteiger partial charge in [-0.3, -0.25) is 4.90 Å². The first kappa shape index (κ1) is 19.7. The number of halogens is 2. The van der Waals surface area contributed by atoms with Gasteiger partial charge in [0.1, 0.15) is 33.3 Å². The van der Waals surface area contributed by atoms with Crippen molar-refractivity contribution in [1.29, 1.82) is 0 Å². The third kappa shape index (κ3) is 6.04. The number of rotatable bonds is 7. The van der Waals surface area contributed by atoms with E-state index in [0.29, 0.717) is 18.7 Å². The summed E-state index contributed by atoms with van der Waals surface area (Å²) in [7, 11) is 0. The van der Waals surface area contributed by atoms with E-state index in [4.69, 9.17) is 10.7 Å². The Balaban J connectivity index is 2.83. The zero-order chi connectivity index (χ0) is 16.5. The van der Waals surface area contributed by atoms with Crippen molar-refractivity contribution in [1.82, 2.24) is 4.90 Å². The van der Waals surface area contributed by atoms with Gasteiger partial charge in [-0.1, -0.05) is 6.92 Å². The predicted molar refractivity (Wildman–Crippen MR) is 94.9 cm³/mol. The fourth-order valence-electron chi connectivity index (χ4n) is 2.61. The fraction of sp³-hybridized carbons (Fsp3) is 0.667. The van der Waals surface area contributed by atoms with Crippen molar-refractivity contribution in [3.05, 3.63) is 23.5 Å². The van der Waals surface area contributed by atoms with Gasteiger partial charge in [-0.15, -0.1) is 0 Å². The van der Waals surface area contributed by atoms with Crippen LogP contribution < -0.4 is 5.90 Å². The van der Waals surface area contributed by atoms with E-state index in [2.05, 4.69) is 0 Å². The van der Waals surface area contributed by atoms with Gasteiger partial charge in [-0.05, 0) is 47.8 Å². The standard InChI is InChI=1S/C15H26FIN2O3/c1-3-12(6-7-17-16)14(22-18)9-15(21)19-8-4-5-13(10-19)11(2)20/h6-7,9,11,13,15,20-21H,3-5,8,10,18H2,1-2H3/b12-6+,14-9+/t11?,13-,15-/m1/s1. The molecular formula is C15H26FIN2O3. The van der Waals surface area contributed by atoms with Crippen molar-refractivity contribution in [2.45, 2.75) is 45.4 Å². The van der Waals surface area contributed by atoms with Crippen molar-refractivity contribution >= 4 is 25.3 Å².